The zero-order chi connectivity index (χ0) is 18.1. The van der Waals surface area contributed by atoms with E-state index in [1.165, 1.54) is 5.56 Å². The van der Waals surface area contributed by atoms with Crippen molar-refractivity contribution in [2.24, 2.45) is 0 Å². The Hall–Kier alpha value is -2.67. The van der Waals surface area contributed by atoms with Crippen molar-refractivity contribution < 1.29 is 9.26 Å². The summed E-state index contributed by atoms with van der Waals surface area (Å²) in [7, 11) is 1.68. The van der Waals surface area contributed by atoms with Gasteiger partial charge >= 0.3 is 0 Å². The number of aromatic amines is 1. The van der Waals surface area contributed by atoms with Gasteiger partial charge in [-0.05, 0) is 17.7 Å². The number of nitrogens with one attached hydrogen (secondary N) is 1. The maximum atomic E-state index is 5.60. The molecular weight excluding hydrogens is 330 g/mol. The first-order valence-electron chi connectivity index (χ1n) is 8.85. The zero-order valence-corrected chi connectivity index (χ0v) is 15.3. The van der Waals surface area contributed by atoms with Gasteiger partial charge in [-0.15, -0.1) is 0 Å². The van der Waals surface area contributed by atoms with Crippen molar-refractivity contribution >= 4 is 0 Å². The minimum absolute atomic E-state index is 0.0212. The fourth-order valence-electron chi connectivity index (χ4n) is 3.28. The number of rotatable bonds is 5. The first-order chi connectivity index (χ1) is 12.6. The molecule has 7 heteroatoms. The van der Waals surface area contributed by atoms with Crippen LogP contribution >= 0.6 is 0 Å². The quantitative estimate of drug-likeness (QED) is 0.758. The average molecular weight is 353 g/mol. The summed E-state index contributed by atoms with van der Waals surface area (Å²) < 4.78 is 10.9. The molecule has 0 bridgehead atoms. The molecule has 1 aliphatic heterocycles. The van der Waals surface area contributed by atoms with Gasteiger partial charge in [0, 0.05) is 25.4 Å². The van der Waals surface area contributed by atoms with E-state index in [4.69, 9.17) is 9.26 Å². The SMILES string of the molecule is COc1ccc(CN2Cc3[nH]cnc3C[C@H]2c2nc(C(C)C)no2)cc1. The van der Waals surface area contributed by atoms with Gasteiger partial charge in [0.15, 0.2) is 5.82 Å². The molecule has 26 heavy (non-hydrogen) atoms. The number of benzene rings is 1. The van der Waals surface area contributed by atoms with Crippen molar-refractivity contribution in [3.63, 3.8) is 0 Å². The van der Waals surface area contributed by atoms with Gasteiger partial charge in [-0.2, -0.15) is 4.98 Å². The Balaban J connectivity index is 1.62. The van der Waals surface area contributed by atoms with Gasteiger partial charge in [0.2, 0.25) is 5.89 Å². The Bertz CT molecular complexity index is 868. The molecule has 0 amide bonds. The molecule has 0 fully saturated rings. The smallest absolute Gasteiger partial charge is 0.244 e. The second kappa shape index (κ2) is 6.92. The van der Waals surface area contributed by atoms with Crippen LogP contribution in [0.25, 0.3) is 0 Å². The summed E-state index contributed by atoms with van der Waals surface area (Å²) in [5.41, 5.74) is 3.44. The Morgan fingerprint density at radius 1 is 1.31 bits per heavy atom. The van der Waals surface area contributed by atoms with Crippen LogP contribution in [0.5, 0.6) is 5.75 Å². The van der Waals surface area contributed by atoms with E-state index in [2.05, 4.69) is 51.0 Å². The number of imidazole rings is 1. The van der Waals surface area contributed by atoms with E-state index in [1.807, 2.05) is 12.1 Å². The van der Waals surface area contributed by atoms with Crippen molar-refractivity contribution in [2.45, 2.75) is 45.3 Å². The van der Waals surface area contributed by atoms with Crippen LogP contribution in [0.3, 0.4) is 0 Å². The third kappa shape index (κ3) is 3.22. The van der Waals surface area contributed by atoms with Crippen molar-refractivity contribution in [1.29, 1.82) is 0 Å². The van der Waals surface area contributed by atoms with Crippen molar-refractivity contribution in [3.8, 4) is 5.75 Å². The summed E-state index contributed by atoms with van der Waals surface area (Å²) in [6, 6.07) is 8.17. The summed E-state index contributed by atoms with van der Waals surface area (Å²) in [5, 5.41) is 4.14. The second-order valence-corrected chi connectivity index (χ2v) is 6.95. The first kappa shape index (κ1) is 16.8. The molecule has 0 spiro atoms. The normalized spacial score (nSPS) is 17.5. The van der Waals surface area contributed by atoms with Crippen molar-refractivity contribution in [2.75, 3.05) is 7.11 Å². The minimum atomic E-state index is 0.0212. The number of H-pyrrole nitrogens is 1. The van der Waals surface area contributed by atoms with Crippen LogP contribution in [0, 0.1) is 0 Å². The fraction of sp³-hybridized carbons (Fsp3) is 0.421. The Morgan fingerprint density at radius 2 is 2.12 bits per heavy atom. The summed E-state index contributed by atoms with van der Waals surface area (Å²) in [5.74, 6) is 2.51. The highest BCUT2D eigenvalue weighted by Gasteiger charge is 2.33. The molecule has 0 aliphatic carbocycles. The van der Waals surface area contributed by atoms with E-state index in [0.29, 0.717) is 5.89 Å². The molecule has 3 heterocycles. The highest BCUT2D eigenvalue weighted by molar-refractivity contribution is 5.28. The molecule has 1 N–H and O–H groups in total. The summed E-state index contributed by atoms with van der Waals surface area (Å²) >= 11 is 0. The van der Waals surface area contributed by atoms with Crippen LogP contribution in [0.15, 0.2) is 35.1 Å². The van der Waals surface area contributed by atoms with E-state index in [-0.39, 0.29) is 12.0 Å². The maximum Gasteiger partial charge on any atom is 0.244 e. The largest absolute Gasteiger partial charge is 0.497 e. The van der Waals surface area contributed by atoms with E-state index >= 15 is 0 Å². The molecule has 2 aromatic heterocycles. The lowest BCUT2D eigenvalue weighted by Crippen LogP contribution is -2.34. The van der Waals surface area contributed by atoms with E-state index < -0.39 is 0 Å². The van der Waals surface area contributed by atoms with E-state index in [9.17, 15) is 0 Å². The van der Waals surface area contributed by atoms with Crippen LogP contribution in [0.1, 0.15) is 54.5 Å². The van der Waals surface area contributed by atoms with Crippen molar-refractivity contribution in [3.05, 3.63) is 59.3 Å². The topological polar surface area (TPSA) is 80.1 Å². The number of nitrogens with zero attached hydrogens (tertiary/aromatic N) is 4. The predicted molar refractivity (Wildman–Crippen MR) is 95.7 cm³/mol. The number of ether oxygens (including phenoxy) is 1. The molecule has 4 rings (SSSR count). The molecule has 0 saturated carbocycles. The molecule has 1 aliphatic rings. The van der Waals surface area contributed by atoms with Gasteiger partial charge in [-0.25, -0.2) is 4.98 Å². The second-order valence-electron chi connectivity index (χ2n) is 6.95. The van der Waals surface area contributed by atoms with Gasteiger partial charge in [0.1, 0.15) is 5.75 Å². The lowest BCUT2D eigenvalue weighted by atomic mass is 10.0. The molecule has 0 unspecified atom stereocenters. The minimum Gasteiger partial charge on any atom is -0.497 e. The van der Waals surface area contributed by atoms with Gasteiger partial charge in [0.05, 0.1) is 30.9 Å². The lowest BCUT2D eigenvalue weighted by Gasteiger charge is -2.32. The molecule has 3 aromatic rings. The molecule has 7 nitrogen and oxygen atoms in total. The third-order valence-corrected chi connectivity index (χ3v) is 4.80. The first-order valence-corrected chi connectivity index (χ1v) is 8.85. The van der Waals surface area contributed by atoms with Crippen LogP contribution in [0.4, 0.5) is 0 Å². The molecule has 0 saturated heterocycles. The number of hydrogen-bond donors (Lipinski definition) is 1. The maximum absolute atomic E-state index is 5.60. The number of methoxy groups -OCH3 is 1. The third-order valence-electron chi connectivity index (χ3n) is 4.80. The van der Waals surface area contributed by atoms with Gasteiger partial charge in [-0.3, -0.25) is 4.90 Å². The van der Waals surface area contributed by atoms with E-state index in [1.54, 1.807) is 13.4 Å². The summed E-state index contributed by atoms with van der Waals surface area (Å²) in [6.45, 7) is 5.69. The summed E-state index contributed by atoms with van der Waals surface area (Å²) in [6.07, 6.45) is 2.51. The van der Waals surface area contributed by atoms with Crippen LogP contribution in [-0.2, 0) is 19.5 Å². The average Bonchev–Trinajstić information content (AvgIpc) is 3.30. The highest BCUT2D eigenvalue weighted by atomic mass is 16.5. The molecule has 0 radical (unpaired) electrons. The monoisotopic (exact) mass is 353 g/mol. The molecule has 1 aromatic carbocycles. The number of aromatic nitrogens is 4. The van der Waals surface area contributed by atoms with Gasteiger partial charge in [-0.1, -0.05) is 31.1 Å². The van der Waals surface area contributed by atoms with Gasteiger partial charge < -0.3 is 14.2 Å². The Morgan fingerprint density at radius 3 is 2.81 bits per heavy atom. The zero-order valence-electron chi connectivity index (χ0n) is 15.3. The fourth-order valence-corrected chi connectivity index (χ4v) is 3.28. The summed E-state index contributed by atoms with van der Waals surface area (Å²) in [4.78, 5) is 14.7. The Kier molecular flexibility index (Phi) is 4.46. The number of fused-ring (bicyclic) bond motifs is 1. The van der Waals surface area contributed by atoms with Crippen LogP contribution in [0.2, 0.25) is 0 Å². The van der Waals surface area contributed by atoms with E-state index in [0.717, 1.165) is 42.5 Å². The lowest BCUT2D eigenvalue weighted by molar-refractivity contribution is 0.128. The highest BCUT2D eigenvalue weighted by Crippen LogP contribution is 2.33. The van der Waals surface area contributed by atoms with Crippen LogP contribution < -0.4 is 4.74 Å². The number of hydrogen-bond acceptors (Lipinski definition) is 6. The molecule has 136 valence electrons. The van der Waals surface area contributed by atoms with Crippen molar-refractivity contribution in [1.82, 2.24) is 25.0 Å². The molecular formula is C19H23N5O2. The predicted octanol–water partition coefficient (Wildman–Crippen LogP) is 3.22. The molecule has 1 atom stereocenters. The standard InChI is InChI=1S/C19H23N5O2/c1-12(2)18-22-19(26-23-18)17-8-15-16(21-11-20-15)10-24(17)9-13-4-6-14(25-3)7-5-13/h4-7,11-12,17H,8-10H2,1-3H3,(H,20,21)/t17-/m0/s1. The van der Waals surface area contributed by atoms with Gasteiger partial charge in [0.25, 0.3) is 0 Å². The van der Waals surface area contributed by atoms with Crippen LogP contribution in [-0.4, -0.2) is 32.1 Å². The Labute approximate surface area is 152 Å².